The van der Waals surface area contributed by atoms with Gasteiger partial charge in [0.25, 0.3) is 0 Å². The number of amides is 2. The molecule has 9 nitrogen and oxygen atoms in total. The maximum atomic E-state index is 12.0. The number of carbonyl (C=O) groups excluding carboxylic acids is 2. The molecule has 0 aliphatic heterocycles. The number of aromatic nitrogens is 4. The average molecular weight is 318 g/mol. The number of rotatable bonds is 4. The Bertz CT molecular complexity index is 750. The Morgan fingerprint density at radius 3 is 2.83 bits per heavy atom. The number of hydrogen-bond acceptors (Lipinski definition) is 5. The summed E-state index contributed by atoms with van der Waals surface area (Å²) in [5.41, 5.74) is 1.33. The number of anilines is 2. The minimum absolute atomic E-state index is 0.0414. The first kappa shape index (κ1) is 15.1. The van der Waals surface area contributed by atoms with E-state index in [1.807, 2.05) is 6.07 Å². The highest BCUT2D eigenvalue weighted by atomic mass is 16.5. The Labute approximate surface area is 132 Å². The van der Waals surface area contributed by atoms with E-state index in [2.05, 4.69) is 37.6 Å². The third-order valence-electron chi connectivity index (χ3n) is 3.80. The van der Waals surface area contributed by atoms with Crippen LogP contribution < -0.4 is 10.6 Å². The van der Waals surface area contributed by atoms with Gasteiger partial charge in [0, 0.05) is 30.9 Å². The van der Waals surface area contributed by atoms with Crippen LogP contribution in [0.4, 0.5) is 16.3 Å². The second-order valence-corrected chi connectivity index (χ2v) is 5.66. The Morgan fingerprint density at radius 2 is 2.17 bits per heavy atom. The van der Waals surface area contributed by atoms with Crippen LogP contribution in [0.25, 0.3) is 0 Å². The molecule has 2 atom stereocenters. The normalized spacial score (nSPS) is 19.3. The van der Waals surface area contributed by atoms with Gasteiger partial charge in [0.1, 0.15) is 0 Å². The highest BCUT2D eigenvalue weighted by Crippen LogP contribution is 2.46. The third-order valence-corrected chi connectivity index (χ3v) is 3.80. The van der Waals surface area contributed by atoms with Crippen LogP contribution in [0.2, 0.25) is 0 Å². The molecule has 2 heterocycles. The van der Waals surface area contributed by atoms with Crippen LogP contribution in [0.1, 0.15) is 35.4 Å². The lowest BCUT2D eigenvalue weighted by molar-refractivity contribution is 0.0594. The van der Waals surface area contributed by atoms with Crippen LogP contribution in [-0.4, -0.2) is 39.1 Å². The summed E-state index contributed by atoms with van der Waals surface area (Å²) < 4.78 is 6.05. The van der Waals surface area contributed by atoms with Gasteiger partial charge in [-0.3, -0.25) is 15.1 Å². The molecule has 0 radical (unpaired) electrons. The lowest BCUT2D eigenvalue weighted by atomic mass is 10.2. The van der Waals surface area contributed by atoms with Crippen LogP contribution in [0.3, 0.4) is 0 Å². The van der Waals surface area contributed by atoms with Crippen LogP contribution >= 0.6 is 0 Å². The molecule has 1 aliphatic carbocycles. The fourth-order valence-corrected chi connectivity index (χ4v) is 2.44. The number of urea groups is 1. The number of nitrogens with zero attached hydrogens (tertiary/aromatic N) is 3. The SMILES string of the molecule is COC(=O)c1nn(C)cc1NC(=O)Nc1cc(C2CC2C)[nH]n1. The van der Waals surface area contributed by atoms with Crippen molar-refractivity contribution in [3.63, 3.8) is 0 Å². The Balaban J connectivity index is 1.65. The molecule has 122 valence electrons. The second kappa shape index (κ2) is 5.75. The number of ether oxygens (including phenoxy) is 1. The monoisotopic (exact) mass is 318 g/mol. The van der Waals surface area contributed by atoms with Gasteiger partial charge in [-0.05, 0) is 12.3 Å². The Kier molecular flexibility index (Phi) is 3.77. The molecular weight excluding hydrogens is 300 g/mol. The van der Waals surface area contributed by atoms with Crippen molar-refractivity contribution in [2.24, 2.45) is 13.0 Å². The van der Waals surface area contributed by atoms with E-state index in [0.29, 0.717) is 17.7 Å². The van der Waals surface area contributed by atoms with Crippen molar-refractivity contribution in [3.8, 4) is 0 Å². The van der Waals surface area contributed by atoms with E-state index in [4.69, 9.17) is 0 Å². The van der Waals surface area contributed by atoms with E-state index in [-0.39, 0.29) is 11.4 Å². The summed E-state index contributed by atoms with van der Waals surface area (Å²) in [5, 5.41) is 16.1. The number of aryl methyl sites for hydroxylation is 1. The van der Waals surface area contributed by atoms with Crippen molar-refractivity contribution in [3.05, 3.63) is 23.7 Å². The van der Waals surface area contributed by atoms with Gasteiger partial charge in [-0.15, -0.1) is 0 Å². The van der Waals surface area contributed by atoms with Gasteiger partial charge >= 0.3 is 12.0 Å². The standard InChI is InChI=1S/C14H18N6O3/c1-7-4-8(7)9-5-11(18-17-9)16-14(22)15-10-6-20(2)19-12(10)13(21)23-3/h5-8H,4H2,1-3H3,(H3,15,16,17,18,22). The highest BCUT2D eigenvalue weighted by molar-refractivity contribution is 6.03. The molecule has 23 heavy (non-hydrogen) atoms. The van der Waals surface area contributed by atoms with Crippen LogP contribution in [0, 0.1) is 5.92 Å². The lowest BCUT2D eigenvalue weighted by Crippen LogP contribution is -2.21. The third kappa shape index (κ3) is 3.17. The van der Waals surface area contributed by atoms with E-state index < -0.39 is 12.0 Å². The molecule has 1 fully saturated rings. The fraction of sp³-hybridized carbons (Fsp3) is 0.429. The maximum absolute atomic E-state index is 12.0. The minimum Gasteiger partial charge on any atom is -0.464 e. The number of esters is 1. The van der Waals surface area contributed by atoms with Crippen molar-refractivity contribution in [1.29, 1.82) is 0 Å². The molecule has 3 N–H and O–H groups in total. The van der Waals surface area contributed by atoms with Crippen LogP contribution in [0.15, 0.2) is 12.3 Å². The zero-order valence-corrected chi connectivity index (χ0v) is 13.1. The summed E-state index contributed by atoms with van der Waals surface area (Å²) in [7, 11) is 2.90. The van der Waals surface area contributed by atoms with Gasteiger partial charge in [0.15, 0.2) is 11.5 Å². The van der Waals surface area contributed by atoms with Crippen molar-refractivity contribution < 1.29 is 14.3 Å². The van der Waals surface area contributed by atoms with Gasteiger partial charge < -0.3 is 10.1 Å². The van der Waals surface area contributed by atoms with Crippen LogP contribution in [0.5, 0.6) is 0 Å². The van der Waals surface area contributed by atoms with E-state index >= 15 is 0 Å². The van der Waals surface area contributed by atoms with E-state index in [1.165, 1.54) is 18.0 Å². The molecule has 0 bridgehead atoms. The summed E-state index contributed by atoms with van der Waals surface area (Å²) >= 11 is 0. The molecule has 0 saturated heterocycles. The van der Waals surface area contributed by atoms with Gasteiger partial charge in [-0.1, -0.05) is 6.92 Å². The zero-order valence-electron chi connectivity index (χ0n) is 13.1. The van der Waals surface area contributed by atoms with Crippen molar-refractivity contribution >= 4 is 23.5 Å². The highest BCUT2D eigenvalue weighted by Gasteiger charge is 2.35. The predicted molar refractivity (Wildman–Crippen MR) is 82.3 cm³/mol. The first-order chi connectivity index (χ1) is 11.0. The predicted octanol–water partition coefficient (Wildman–Crippen LogP) is 1.70. The molecule has 0 aromatic carbocycles. The molecule has 9 heteroatoms. The zero-order chi connectivity index (χ0) is 16.6. The number of aromatic amines is 1. The summed E-state index contributed by atoms with van der Waals surface area (Å²) in [6.45, 7) is 2.17. The number of methoxy groups -OCH3 is 1. The molecule has 1 saturated carbocycles. The number of carbonyl (C=O) groups is 2. The Morgan fingerprint density at radius 1 is 1.43 bits per heavy atom. The quantitative estimate of drug-likeness (QED) is 0.742. The van der Waals surface area contributed by atoms with Gasteiger partial charge in [0.05, 0.1) is 12.8 Å². The molecular formula is C14H18N6O3. The maximum Gasteiger partial charge on any atom is 0.360 e. The van der Waals surface area contributed by atoms with Crippen molar-refractivity contribution in [2.75, 3.05) is 17.7 Å². The summed E-state index contributed by atoms with van der Waals surface area (Å²) in [4.78, 5) is 23.7. The first-order valence-corrected chi connectivity index (χ1v) is 7.23. The summed E-state index contributed by atoms with van der Waals surface area (Å²) in [5.74, 6) is 0.950. The molecule has 2 unspecified atom stereocenters. The molecule has 2 amide bonds. The molecule has 2 aromatic rings. The summed E-state index contributed by atoms with van der Waals surface area (Å²) in [6, 6.07) is 1.31. The lowest BCUT2D eigenvalue weighted by Gasteiger charge is -2.04. The van der Waals surface area contributed by atoms with Gasteiger partial charge in [-0.2, -0.15) is 10.2 Å². The molecule has 1 aliphatic rings. The Hall–Kier alpha value is -2.84. The minimum atomic E-state index is -0.620. The van der Waals surface area contributed by atoms with E-state index in [1.54, 1.807) is 7.05 Å². The largest absolute Gasteiger partial charge is 0.464 e. The summed E-state index contributed by atoms with van der Waals surface area (Å²) in [6.07, 6.45) is 2.65. The van der Waals surface area contributed by atoms with Crippen LogP contribution in [-0.2, 0) is 11.8 Å². The van der Waals surface area contributed by atoms with Crippen molar-refractivity contribution in [2.45, 2.75) is 19.3 Å². The smallest absolute Gasteiger partial charge is 0.360 e. The van der Waals surface area contributed by atoms with Gasteiger partial charge in [0.2, 0.25) is 0 Å². The van der Waals surface area contributed by atoms with Gasteiger partial charge in [-0.25, -0.2) is 9.59 Å². The molecule has 3 rings (SSSR count). The molecule has 0 spiro atoms. The van der Waals surface area contributed by atoms with E-state index in [9.17, 15) is 9.59 Å². The van der Waals surface area contributed by atoms with E-state index in [0.717, 1.165) is 12.1 Å². The first-order valence-electron chi connectivity index (χ1n) is 7.23. The average Bonchev–Trinajstić information content (AvgIpc) is 2.91. The van der Waals surface area contributed by atoms with Crippen molar-refractivity contribution in [1.82, 2.24) is 20.0 Å². The fourth-order valence-electron chi connectivity index (χ4n) is 2.44. The number of hydrogen-bond donors (Lipinski definition) is 3. The topological polar surface area (TPSA) is 114 Å². The molecule has 2 aromatic heterocycles. The number of nitrogens with one attached hydrogen (secondary N) is 3. The second-order valence-electron chi connectivity index (χ2n) is 5.66. The number of H-pyrrole nitrogens is 1.